The van der Waals surface area contributed by atoms with E-state index in [9.17, 15) is 9.59 Å². The van der Waals surface area contributed by atoms with Gasteiger partial charge in [-0.1, -0.05) is 51.3 Å². The maximum atomic E-state index is 13.3. The van der Waals surface area contributed by atoms with Gasteiger partial charge in [0.2, 0.25) is 0 Å². The van der Waals surface area contributed by atoms with E-state index in [0.717, 1.165) is 4.47 Å². The molecule has 140 valence electrons. The maximum Gasteiger partial charge on any atom is 0.336 e. The van der Waals surface area contributed by atoms with Crippen LogP contribution in [0.2, 0.25) is 10.0 Å². The molecule has 1 aliphatic heterocycles. The van der Waals surface area contributed by atoms with E-state index in [1.54, 1.807) is 48.5 Å². The van der Waals surface area contributed by atoms with E-state index in [-0.39, 0.29) is 5.91 Å². The molecule has 1 saturated heterocycles. The molecule has 0 radical (unpaired) electrons. The molecule has 1 heterocycles. The number of carbonyl (C=O) groups excluding carboxylic acids is 2. The van der Waals surface area contributed by atoms with Crippen molar-refractivity contribution < 1.29 is 9.59 Å². The fourth-order valence-corrected chi connectivity index (χ4v) is 3.69. The maximum absolute atomic E-state index is 13.3. The number of halogens is 3. The minimum Gasteiger partial charge on any atom is -0.277 e. The normalized spacial score (nSPS) is 16.8. The number of imide groups is 1. The van der Waals surface area contributed by atoms with Crippen molar-refractivity contribution in [1.29, 1.82) is 0 Å². The predicted molar refractivity (Wildman–Crippen MR) is 115 cm³/mol. The third-order valence-electron chi connectivity index (χ3n) is 4.49. The second-order valence-electron chi connectivity index (χ2n) is 6.23. The summed E-state index contributed by atoms with van der Waals surface area (Å²) in [5.74, 6) is -0.329. The van der Waals surface area contributed by atoms with Crippen molar-refractivity contribution in [1.82, 2.24) is 0 Å². The number of benzene rings is 3. The second kappa shape index (κ2) is 7.59. The zero-order valence-electron chi connectivity index (χ0n) is 14.4. The average Bonchev–Trinajstić information content (AvgIpc) is 2.94. The van der Waals surface area contributed by atoms with Gasteiger partial charge in [-0.2, -0.15) is 0 Å². The Labute approximate surface area is 180 Å². The predicted octanol–water partition coefficient (Wildman–Crippen LogP) is 6.47. The Hall–Kier alpha value is -2.34. The van der Waals surface area contributed by atoms with Gasteiger partial charge < -0.3 is 0 Å². The number of anilines is 2. The van der Waals surface area contributed by atoms with Crippen molar-refractivity contribution in [3.8, 4) is 0 Å². The molecule has 0 bridgehead atoms. The Bertz CT molecular complexity index is 974. The summed E-state index contributed by atoms with van der Waals surface area (Å²) in [7, 11) is 0. The summed E-state index contributed by atoms with van der Waals surface area (Å²) < 4.78 is 0.889. The van der Waals surface area contributed by atoms with E-state index in [4.69, 9.17) is 23.2 Å². The first-order valence-electron chi connectivity index (χ1n) is 8.39. The zero-order chi connectivity index (χ0) is 19.8. The Morgan fingerprint density at radius 3 is 1.75 bits per heavy atom. The van der Waals surface area contributed by atoms with Crippen LogP contribution in [0.3, 0.4) is 0 Å². The van der Waals surface area contributed by atoms with Crippen LogP contribution in [0.15, 0.2) is 77.3 Å². The van der Waals surface area contributed by atoms with Crippen LogP contribution >= 0.6 is 39.1 Å². The van der Waals surface area contributed by atoms with Crippen LogP contribution in [-0.2, 0) is 4.79 Å². The highest BCUT2D eigenvalue weighted by Crippen LogP contribution is 2.38. The fourth-order valence-electron chi connectivity index (χ4n) is 3.17. The highest BCUT2D eigenvalue weighted by Gasteiger charge is 2.47. The summed E-state index contributed by atoms with van der Waals surface area (Å²) in [6.07, 6.45) is 0. The molecule has 4 rings (SSSR count). The lowest BCUT2D eigenvalue weighted by Crippen LogP contribution is -2.33. The Morgan fingerprint density at radius 1 is 0.714 bits per heavy atom. The van der Waals surface area contributed by atoms with Gasteiger partial charge in [0.05, 0.1) is 5.69 Å². The van der Waals surface area contributed by atoms with Crippen LogP contribution < -0.4 is 9.80 Å². The van der Waals surface area contributed by atoms with Crippen molar-refractivity contribution in [2.24, 2.45) is 0 Å². The number of hydrogen-bond acceptors (Lipinski definition) is 2. The molecule has 4 nitrogen and oxygen atoms in total. The standard InChI is InChI=1S/C21H13BrCl2N2O2/c22-14-3-1-13(2-4-14)19-20(27)26(18-11-7-16(24)8-12-18)21(28)25(19)17-9-5-15(23)6-10-17/h1-12,19H. The van der Waals surface area contributed by atoms with Crippen LogP contribution in [0.1, 0.15) is 11.6 Å². The Morgan fingerprint density at radius 2 is 1.21 bits per heavy atom. The molecule has 0 aliphatic carbocycles. The van der Waals surface area contributed by atoms with Gasteiger partial charge in [0.1, 0.15) is 6.04 Å². The fraction of sp³-hybridized carbons (Fsp3) is 0.0476. The Balaban J connectivity index is 1.83. The lowest BCUT2D eigenvalue weighted by Gasteiger charge is -2.22. The summed E-state index contributed by atoms with van der Waals surface area (Å²) in [6.45, 7) is 0. The summed E-state index contributed by atoms with van der Waals surface area (Å²) in [4.78, 5) is 29.3. The smallest absolute Gasteiger partial charge is 0.277 e. The van der Waals surface area contributed by atoms with E-state index >= 15 is 0 Å². The van der Waals surface area contributed by atoms with Gasteiger partial charge in [0.15, 0.2) is 0 Å². The number of hydrogen-bond donors (Lipinski definition) is 0. The molecule has 0 N–H and O–H groups in total. The largest absolute Gasteiger partial charge is 0.336 e. The first-order valence-corrected chi connectivity index (χ1v) is 9.94. The molecule has 0 saturated carbocycles. The topological polar surface area (TPSA) is 40.6 Å². The lowest BCUT2D eigenvalue weighted by molar-refractivity contribution is -0.118. The number of urea groups is 1. The summed E-state index contributed by atoms with van der Waals surface area (Å²) >= 11 is 15.4. The van der Waals surface area contributed by atoms with Gasteiger partial charge in [0.25, 0.3) is 5.91 Å². The first-order chi connectivity index (χ1) is 13.5. The van der Waals surface area contributed by atoms with Crippen LogP contribution in [0.5, 0.6) is 0 Å². The number of nitrogens with zero attached hydrogens (tertiary/aromatic N) is 2. The average molecular weight is 476 g/mol. The molecule has 1 unspecified atom stereocenters. The third kappa shape index (κ3) is 3.41. The van der Waals surface area contributed by atoms with Crippen molar-refractivity contribution in [2.75, 3.05) is 9.80 Å². The Kier molecular flexibility index (Phi) is 5.15. The second-order valence-corrected chi connectivity index (χ2v) is 8.02. The minimum atomic E-state index is -0.780. The van der Waals surface area contributed by atoms with Crippen LogP contribution in [-0.4, -0.2) is 11.9 Å². The quantitative estimate of drug-likeness (QED) is 0.407. The number of amides is 3. The van der Waals surface area contributed by atoms with E-state index in [2.05, 4.69) is 15.9 Å². The van der Waals surface area contributed by atoms with Gasteiger partial charge in [0, 0.05) is 20.2 Å². The molecule has 3 amide bonds. The molecular formula is C21H13BrCl2N2O2. The molecular weight excluding hydrogens is 463 g/mol. The molecule has 0 spiro atoms. The monoisotopic (exact) mass is 474 g/mol. The van der Waals surface area contributed by atoms with Gasteiger partial charge >= 0.3 is 6.03 Å². The van der Waals surface area contributed by atoms with Gasteiger partial charge in [-0.05, 0) is 66.2 Å². The lowest BCUT2D eigenvalue weighted by atomic mass is 10.1. The molecule has 1 aliphatic rings. The molecule has 7 heteroatoms. The van der Waals surface area contributed by atoms with Crippen LogP contribution in [0.25, 0.3) is 0 Å². The molecule has 0 aromatic heterocycles. The highest BCUT2D eigenvalue weighted by molar-refractivity contribution is 9.10. The molecule has 1 atom stereocenters. The molecule has 1 fully saturated rings. The van der Waals surface area contributed by atoms with Gasteiger partial charge in [-0.25, -0.2) is 9.69 Å². The minimum absolute atomic E-state index is 0.329. The number of carbonyl (C=O) groups is 2. The van der Waals surface area contributed by atoms with Crippen LogP contribution in [0, 0.1) is 0 Å². The number of rotatable bonds is 3. The zero-order valence-corrected chi connectivity index (χ0v) is 17.4. The summed E-state index contributed by atoms with van der Waals surface area (Å²) in [5.41, 5.74) is 1.78. The van der Waals surface area contributed by atoms with Crippen LogP contribution in [0.4, 0.5) is 16.2 Å². The van der Waals surface area contributed by atoms with E-state index in [1.165, 1.54) is 9.80 Å². The van der Waals surface area contributed by atoms with Crippen molar-refractivity contribution in [2.45, 2.75) is 6.04 Å². The van der Waals surface area contributed by atoms with Crippen molar-refractivity contribution in [3.05, 3.63) is 92.9 Å². The van der Waals surface area contributed by atoms with Gasteiger partial charge in [-0.3, -0.25) is 9.69 Å². The first kappa shape index (κ1) is 19.0. The summed E-state index contributed by atoms with van der Waals surface area (Å²) in [5, 5.41) is 1.08. The highest BCUT2D eigenvalue weighted by atomic mass is 79.9. The van der Waals surface area contributed by atoms with E-state index in [0.29, 0.717) is 27.0 Å². The van der Waals surface area contributed by atoms with Crippen molar-refractivity contribution >= 4 is 62.4 Å². The van der Waals surface area contributed by atoms with Crippen molar-refractivity contribution in [3.63, 3.8) is 0 Å². The van der Waals surface area contributed by atoms with E-state index in [1.807, 2.05) is 24.3 Å². The summed E-state index contributed by atoms with van der Waals surface area (Å²) in [6, 6.07) is 19.6. The SMILES string of the molecule is O=C1C(c2ccc(Br)cc2)N(c2ccc(Cl)cc2)C(=O)N1c1ccc(Cl)cc1. The van der Waals surface area contributed by atoms with Gasteiger partial charge in [-0.15, -0.1) is 0 Å². The molecule has 3 aromatic carbocycles. The molecule has 28 heavy (non-hydrogen) atoms. The molecule has 3 aromatic rings. The third-order valence-corrected chi connectivity index (χ3v) is 5.52. The van der Waals surface area contributed by atoms with E-state index < -0.39 is 12.1 Å².